The van der Waals surface area contributed by atoms with Gasteiger partial charge in [-0.1, -0.05) is 22.9 Å². The SMILES string of the molecule is Cc1ccc(-c2nc(CN3N=N[C@@H]4C(=O)N(c5ccc(F)cc5)C(=O)[C@@H]43)c(C)o2)cc1. The van der Waals surface area contributed by atoms with Crippen molar-refractivity contribution in [2.75, 3.05) is 4.90 Å². The van der Waals surface area contributed by atoms with Crippen molar-refractivity contribution in [2.24, 2.45) is 10.3 Å². The Kier molecular flexibility index (Phi) is 4.39. The minimum absolute atomic E-state index is 0.169. The lowest BCUT2D eigenvalue weighted by Gasteiger charge is -2.19. The van der Waals surface area contributed by atoms with Crippen LogP contribution in [0.2, 0.25) is 0 Å². The second-order valence-electron chi connectivity index (χ2n) is 7.57. The first-order valence-corrected chi connectivity index (χ1v) is 9.76. The quantitative estimate of drug-likeness (QED) is 0.603. The number of hydrogen-bond donors (Lipinski definition) is 0. The molecule has 2 aliphatic rings. The Morgan fingerprint density at radius 2 is 1.71 bits per heavy atom. The average Bonchev–Trinajstić information content (AvgIpc) is 3.40. The smallest absolute Gasteiger partial charge is 0.263 e. The number of halogens is 1. The highest BCUT2D eigenvalue weighted by Gasteiger charge is 2.54. The minimum atomic E-state index is -0.929. The number of fused-ring (bicyclic) bond motifs is 1. The molecule has 1 aromatic heterocycles. The van der Waals surface area contributed by atoms with Gasteiger partial charge < -0.3 is 4.42 Å². The zero-order valence-electron chi connectivity index (χ0n) is 16.8. The molecule has 0 aliphatic carbocycles. The predicted molar refractivity (Wildman–Crippen MR) is 108 cm³/mol. The first-order valence-electron chi connectivity index (χ1n) is 9.76. The molecular weight excluding hydrogens is 401 g/mol. The van der Waals surface area contributed by atoms with Crippen LogP contribution < -0.4 is 4.90 Å². The predicted octanol–water partition coefficient (Wildman–Crippen LogP) is 3.59. The Balaban J connectivity index is 1.39. The van der Waals surface area contributed by atoms with E-state index in [0.29, 0.717) is 23.0 Å². The summed E-state index contributed by atoms with van der Waals surface area (Å²) in [5, 5.41) is 9.51. The molecule has 9 heteroatoms. The van der Waals surface area contributed by atoms with Crippen molar-refractivity contribution in [2.45, 2.75) is 32.5 Å². The summed E-state index contributed by atoms with van der Waals surface area (Å²) in [6.45, 7) is 3.96. The van der Waals surface area contributed by atoms with Crippen LogP contribution in [0.25, 0.3) is 11.5 Å². The zero-order chi connectivity index (χ0) is 21.7. The highest BCUT2D eigenvalue weighted by Crippen LogP contribution is 2.33. The number of nitrogens with zero attached hydrogens (tertiary/aromatic N) is 5. The number of anilines is 1. The third-order valence-corrected chi connectivity index (χ3v) is 5.45. The van der Waals surface area contributed by atoms with Gasteiger partial charge in [0.25, 0.3) is 11.8 Å². The summed E-state index contributed by atoms with van der Waals surface area (Å²) in [7, 11) is 0. The number of aryl methyl sites for hydroxylation is 2. The fourth-order valence-electron chi connectivity index (χ4n) is 3.75. The molecule has 1 saturated heterocycles. The van der Waals surface area contributed by atoms with Gasteiger partial charge in [0.1, 0.15) is 17.3 Å². The molecule has 2 aromatic carbocycles. The van der Waals surface area contributed by atoms with Crippen molar-refractivity contribution < 1.29 is 18.4 Å². The van der Waals surface area contributed by atoms with Gasteiger partial charge in [-0.15, -0.1) is 0 Å². The van der Waals surface area contributed by atoms with E-state index in [1.807, 2.05) is 31.2 Å². The molecule has 0 N–H and O–H groups in total. The van der Waals surface area contributed by atoms with Crippen molar-refractivity contribution in [3.8, 4) is 11.5 Å². The molecule has 0 radical (unpaired) electrons. The lowest BCUT2D eigenvalue weighted by atomic mass is 10.1. The summed E-state index contributed by atoms with van der Waals surface area (Å²) in [5.41, 5.74) is 2.89. The van der Waals surface area contributed by atoms with Gasteiger partial charge >= 0.3 is 0 Å². The molecule has 0 bridgehead atoms. The Morgan fingerprint density at radius 3 is 2.42 bits per heavy atom. The van der Waals surface area contributed by atoms with E-state index in [1.54, 1.807) is 6.92 Å². The summed E-state index contributed by atoms with van der Waals surface area (Å²) in [6, 6.07) is 11.2. The Bertz CT molecular complexity index is 1200. The van der Waals surface area contributed by atoms with Gasteiger partial charge in [0.2, 0.25) is 5.89 Å². The van der Waals surface area contributed by atoms with Gasteiger partial charge in [0.05, 0.1) is 12.2 Å². The fourth-order valence-corrected chi connectivity index (χ4v) is 3.75. The van der Waals surface area contributed by atoms with E-state index in [2.05, 4.69) is 15.3 Å². The van der Waals surface area contributed by atoms with Crippen LogP contribution in [-0.4, -0.2) is 33.9 Å². The molecule has 0 unspecified atom stereocenters. The monoisotopic (exact) mass is 419 g/mol. The second kappa shape index (κ2) is 7.12. The maximum Gasteiger partial charge on any atom is 0.263 e. The van der Waals surface area contributed by atoms with Crippen LogP contribution >= 0.6 is 0 Å². The number of carbonyl (C=O) groups excluding carboxylic acids is 2. The van der Waals surface area contributed by atoms with Crippen LogP contribution in [0.1, 0.15) is 17.0 Å². The van der Waals surface area contributed by atoms with Crippen LogP contribution in [0.5, 0.6) is 0 Å². The van der Waals surface area contributed by atoms with Crippen molar-refractivity contribution in [3.05, 3.63) is 71.4 Å². The number of amides is 2. The molecule has 2 amide bonds. The molecule has 1 fully saturated rings. The molecule has 2 aliphatic heterocycles. The Hall–Kier alpha value is -3.88. The highest BCUT2D eigenvalue weighted by atomic mass is 19.1. The van der Waals surface area contributed by atoms with Gasteiger partial charge in [0.15, 0.2) is 12.1 Å². The molecule has 0 spiro atoms. The summed E-state index contributed by atoms with van der Waals surface area (Å²) >= 11 is 0. The van der Waals surface area contributed by atoms with Crippen molar-refractivity contribution in [3.63, 3.8) is 0 Å². The van der Waals surface area contributed by atoms with E-state index in [-0.39, 0.29) is 6.54 Å². The molecule has 3 heterocycles. The topological polar surface area (TPSA) is 91.4 Å². The normalized spacial score (nSPS) is 20.1. The molecule has 31 heavy (non-hydrogen) atoms. The van der Waals surface area contributed by atoms with Gasteiger partial charge in [-0.2, -0.15) is 5.11 Å². The number of aromatic nitrogens is 1. The van der Waals surface area contributed by atoms with Crippen LogP contribution in [0, 0.1) is 19.7 Å². The molecule has 8 nitrogen and oxygen atoms in total. The summed E-state index contributed by atoms with van der Waals surface area (Å²) < 4.78 is 19.0. The Morgan fingerprint density at radius 1 is 1.00 bits per heavy atom. The third-order valence-electron chi connectivity index (χ3n) is 5.45. The minimum Gasteiger partial charge on any atom is -0.441 e. The van der Waals surface area contributed by atoms with E-state index in [4.69, 9.17) is 4.42 Å². The van der Waals surface area contributed by atoms with Crippen LogP contribution in [0.15, 0.2) is 63.3 Å². The number of hydrogen-bond acceptors (Lipinski definition) is 7. The van der Waals surface area contributed by atoms with Gasteiger partial charge in [-0.05, 0) is 50.2 Å². The largest absolute Gasteiger partial charge is 0.441 e. The molecule has 3 aromatic rings. The molecule has 2 atom stereocenters. The van der Waals surface area contributed by atoms with Crippen molar-refractivity contribution in [1.82, 2.24) is 9.99 Å². The number of rotatable bonds is 4. The fraction of sp³-hybridized carbons (Fsp3) is 0.227. The first-order chi connectivity index (χ1) is 14.9. The van der Waals surface area contributed by atoms with Gasteiger partial charge in [-0.3, -0.25) is 14.6 Å². The van der Waals surface area contributed by atoms with E-state index < -0.39 is 29.7 Å². The standard InChI is InChI=1S/C22H18FN5O3/c1-12-3-5-14(6-4-12)20-24-17(13(2)31-20)11-27-19-18(25-26-27)21(29)28(22(19)30)16-9-7-15(23)8-10-16/h3-10,18-19H,11H2,1-2H3/t18-,19+/m0/s1. The Labute approximate surface area is 177 Å². The third kappa shape index (κ3) is 3.18. The van der Waals surface area contributed by atoms with E-state index in [1.165, 1.54) is 29.3 Å². The maximum absolute atomic E-state index is 13.2. The van der Waals surface area contributed by atoms with E-state index in [9.17, 15) is 14.0 Å². The van der Waals surface area contributed by atoms with Crippen LogP contribution in [0.4, 0.5) is 10.1 Å². The summed E-state index contributed by atoms with van der Waals surface area (Å²) in [6.07, 6.45) is 0. The lowest BCUT2D eigenvalue weighted by Crippen LogP contribution is -2.39. The van der Waals surface area contributed by atoms with Gasteiger partial charge in [0, 0.05) is 5.56 Å². The van der Waals surface area contributed by atoms with Crippen LogP contribution in [0.3, 0.4) is 0 Å². The second-order valence-corrected chi connectivity index (χ2v) is 7.57. The number of oxazole rings is 1. The van der Waals surface area contributed by atoms with Crippen molar-refractivity contribution in [1.29, 1.82) is 0 Å². The van der Waals surface area contributed by atoms with Crippen molar-refractivity contribution >= 4 is 17.5 Å². The van der Waals surface area contributed by atoms with E-state index >= 15 is 0 Å². The average molecular weight is 419 g/mol. The zero-order valence-corrected chi connectivity index (χ0v) is 16.8. The summed E-state index contributed by atoms with van der Waals surface area (Å²) in [5.74, 6) is -0.310. The lowest BCUT2D eigenvalue weighted by molar-refractivity contribution is -0.123. The molecular formula is C22H18FN5O3. The van der Waals surface area contributed by atoms with Gasteiger partial charge in [-0.25, -0.2) is 14.3 Å². The van der Waals surface area contributed by atoms with E-state index in [0.717, 1.165) is 16.0 Å². The first kappa shape index (κ1) is 19.1. The number of carbonyl (C=O) groups is 2. The number of imide groups is 1. The number of benzene rings is 2. The van der Waals surface area contributed by atoms with Crippen LogP contribution in [-0.2, 0) is 16.1 Å². The summed E-state index contributed by atoms with van der Waals surface area (Å²) in [4.78, 5) is 31.4. The molecule has 5 rings (SSSR count). The molecule has 0 saturated carbocycles. The highest BCUT2D eigenvalue weighted by molar-refractivity contribution is 6.25. The molecule has 156 valence electrons. The maximum atomic E-state index is 13.2.